The van der Waals surface area contributed by atoms with Crippen LogP contribution in [-0.2, 0) is 24.2 Å². The molecule has 0 amide bonds. The smallest absolute Gasteiger partial charge is 0.379 e. The molecule has 0 atom stereocenters. The van der Waals surface area contributed by atoms with Gasteiger partial charge in [-0.2, -0.15) is 0 Å². The molecule has 0 bridgehead atoms. The van der Waals surface area contributed by atoms with E-state index in [2.05, 4.69) is 5.32 Å². The van der Waals surface area contributed by atoms with Crippen molar-refractivity contribution in [2.24, 2.45) is 0 Å². The van der Waals surface area contributed by atoms with Gasteiger partial charge in [-0.05, 0) is 0 Å². The molecule has 0 spiro atoms. The van der Waals surface area contributed by atoms with Crippen LogP contribution in [0.3, 0.4) is 0 Å². The van der Waals surface area contributed by atoms with Crippen molar-refractivity contribution >= 4 is 0 Å². The monoisotopic (exact) mass is 189 g/mol. The second-order valence-electron chi connectivity index (χ2n) is 1.36. The fourth-order valence-electron chi connectivity index (χ4n) is 0.516. The first-order chi connectivity index (χ1) is 3.00. The van der Waals surface area contributed by atoms with E-state index in [0.717, 1.165) is 26.3 Å². The zero-order chi connectivity index (χ0) is 4.24. The molecule has 1 N–H and O–H groups in total. The molecule has 0 aliphatic carbocycles. The van der Waals surface area contributed by atoms with Crippen LogP contribution in [0.2, 0.25) is 0 Å². The molecule has 0 saturated carbocycles. The normalized spacial score (nSPS) is 20.6. The molecular formula is C4H9NORu+3. The Morgan fingerprint density at radius 1 is 1.14 bits per heavy atom. The Labute approximate surface area is 56.4 Å². The largest absolute Gasteiger partial charge is 3.00 e. The van der Waals surface area contributed by atoms with Crippen molar-refractivity contribution in [2.45, 2.75) is 0 Å². The van der Waals surface area contributed by atoms with E-state index in [-0.39, 0.29) is 19.5 Å². The Hall–Kier alpha value is 0.543. The van der Waals surface area contributed by atoms with Gasteiger partial charge in [-0.1, -0.05) is 0 Å². The topological polar surface area (TPSA) is 21.3 Å². The van der Waals surface area contributed by atoms with Crippen LogP contribution in [0.25, 0.3) is 0 Å². The summed E-state index contributed by atoms with van der Waals surface area (Å²) in [5, 5.41) is 3.16. The van der Waals surface area contributed by atoms with Crippen LogP contribution in [0.5, 0.6) is 0 Å². The average molecular weight is 188 g/mol. The molecule has 3 heteroatoms. The molecule has 2 nitrogen and oxygen atoms in total. The molecule has 7 heavy (non-hydrogen) atoms. The molecule has 1 saturated heterocycles. The van der Waals surface area contributed by atoms with Crippen LogP contribution in [0.1, 0.15) is 0 Å². The number of morpholine rings is 1. The Bertz CT molecular complexity index is 27.2. The van der Waals surface area contributed by atoms with E-state index in [9.17, 15) is 0 Å². The molecular weight excluding hydrogens is 179 g/mol. The minimum atomic E-state index is 0. The third kappa shape index (κ3) is 3.15. The summed E-state index contributed by atoms with van der Waals surface area (Å²) in [6.07, 6.45) is 0. The fraction of sp³-hybridized carbons (Fsp3) is 1.00. The van der Waals surface area contributed by atoms with E-state index in [1.807, 2.05) is 0 Å². The molecule has 0 aromatic rings. The summed E-state index contributed by atoms with van der Waals surface area (Å²) < 4.78 is 5.01. The van der Waals surface area contributed by atoms with Crippen LogP contribution in [0, 0.1) is 0 Å². The van der Waals surface area contributed by atoms with Gasteiger partial charge < -0.3 is 10.1 Å². The Morgan fingerprint density at radius 2 is 1.71 bits per heavy atom. The number of hydrogen-bond donors (Lipinski definition) is 1. The van der Waals surface area contributed by atoms with Crippen molar-refractivity contribution in [1.82, 2.24) is 5.32 Å². The molecule has 41 valence electrons. The molecule has 1 fully saturated rings. The average Bonchev–Trinajstić information content (AvgIpc) is 1.72. The first-order valence-electron chi connectivity index (χ1n) is 2.28. The third-order valence-corrected chi connectivity index (χ3v) is 0.846. The maximum atomic E-state index is 5.01. The summed E-state index contributed by atoms with van der Waals surface area (Å²) in [6.45, 7) is 3.83. The second kappa shape index (κ2) is 4.70. The molecule has 1 aliphatic heterocycles. The van der Waals surface area contributed by atoms with Gasteiger partial charge in [-0.15, -0.1) is 0 Å². The van der Waals surface area contributed by atoms with Gasteiger partial charge in [0.1, 0.15) is 0 Å². The van der Waals surface area contributed by atoms with Crippen molar-refractivity contribution in [3.63, 3.8) is 0 Å². The fourth-order valence-corrected chi connectivity index (χ4v) is 0.516. The van der Waals surface area contributed by atoms with Gasteiger partial charge in [0.15, 0.2) is 0 Å². The van der Waals surface area contributed by atoms with Crippen molar-refractivity contribution < 1.29 is 24.2 Å². The van der Waals surface area contributed by atoms with Gasteiger partial charge in [0.05, 0.1) is 13.2 Å². The Kier molecular flexibility index (Phi) is 5.06. The van der Waals surface area contributed by atoms with Gasteiger partial charge in [0.25, 0.3) is 0 Å². The molecule has 0 aromatic heterocycles. The van der Waals surface area contributed by atoms with Crippen molar-refractivity contribution in [3.05, 3.63) is 0 Å². The van der Waals surface area contributed by atoms with E-state index < -0.39 is 0 Å². The van der Waals surface area contributed by atoms with Crippen LogP contribution < -0.4 is 5.32 Å². The standard InChI is InChI=1S/C4H9NO.Ru/c1-3-6-4-2-5-1;/h5H,1-4H2;/q;+3. The number of nitrogens with one attached hydrogen (secondary N) is 1. The predicted octanol–water partition coefficient (Wildman–Crippen LogP) is -0.396. The number of hydrogen-bond acceptors (Lipinski definition) is 2. The van der Waals surface area contributed by atoms with Crippen LogP contribution in [-0.4, -0.2) is 26.3 Å². The van der Waals surface area contributed by atoms with Crippen LogP contribution in [0.15, 0.2) is 0 Å². The third-order valence-electron chi connectivity index (χ3n) is 0.846. The minimum absolute atomic E-state index is 0. The first kappa shape index (κ1) is 7.54. The number of ether oxygens (including phenoxy) is 1. The predicted molar refractivity (Wildman–Crippen MR) is 23.7 cm³/mol. The first-order valence-corrected chi connectivity index (χ1v) is 2.28. The summed E-state index contributed by atoms with van der Waals surface area (Å²) in [4.78, 5) is 0. The van der Waals surface area contributed by atoms with E-state index in [1.54, 1.807) is 0 Å². The summed E-state index contributed by atoms with van der Waals surface area (Å²) in [7, 11) is 0. The minimum Gasteiger partial charge on any atom is -0.379 e. The Morgan fingerprint density at radius 3 is 1.86 bits per heavy atom. The van der Waals surface area contributed by atoms with Gasteiger partial charge in [0.2, 0.25) is 0 Å². The quantitative estimate of drug-likeness (QED) is 0.522. The van der Waals surface area contributed by atoms with Gasteiger partial charge >= 0.3 is 19.5 Å². The molecule has 0 aromatic carbocycles. The summed E-state index contributed by atoms with van der Waals surface area (Å²) in [5.74, 6) is 0. The zero-order valence-electron chi connectivity index (χ0n) is 4.09. The van der Waals surface area contributed by atoms with Gasteiger partial charge in [0, 0.05) is 13.1 Å². The van der Waals surface area contributed by atoms with E-state index >= 15 is 0 Å². The van der Waals surface area contributed by atoms with E-state index in [0.29, 0.717) is 0 Å². The molecule has 1 rings (SSSR count). The maximum Gasteiger partial charge on any atom is 3.00 e. The van der Waals surface area contributed by atoms with Crippen LogP contribution in [0.4, 0.5) is 0 Å². The van der Waals surface area contributed by atoms with Crippen molar-refractivity contribution in [1.29, 1.82) is 0 Å². The zero-order valence-corrected chi connectivity index (χ0v) is 5.83. The molecule has 1 radical (unpaired) electrons. The van der Waals surface area contributed by atoms with E-state index in [1.165, 1.54) is 0 Å². The summed E-state index contributed by atoms with van der Waals surface area (Å²) in [6, 6.07) is 0. The summed E-state index contributed by atoms with van der Waals surface area (Å²) in [5.41, 5.74) is 0. The summed E-state index contributed by atoms with van der Waals surface area (Å²) >= 11 is 0. The van der Waals surface area contributed by atoms with Gasteiger partial charge in [-0.3, -0.25) is 0 Å². The molecule has 1 aliphatic rings. The molecule has 0 unspecified atom stereocenters. The van der Waals surface area contributed by atoms with E-state index in [4.69, 9.17) is 4.74 Å². The number of rotatable bonds is 0. The van der Waals surface area contributed by atoms with Gasteiger partial charge in [-0.25, -0.2) is 0 Å². The Balaban J connectivity index is 0.000000360. The second-order valence-corrected chi connectivity index (χ2v) is 1.36. The maximum absolute atomic E-state index is 5.01. The molecule has 1 heterocycles. The SMILES string of the molecule is C1COCCN1.[Ru+3]. The van der Waals surface area contributed by atoms with Crippen LogP contribution >= 0.6 is 0 Å². The van der Waals surface area contributed by atoms with Crippen molar-refractivity contribution in [3.8, 4) is 0 Å². The van der Waals surface area contributed by atoms with Crippen molar-refractivity contribution in [2.75, 3.05) is 26.3 Å².